The van der Waals surface area contributed by atoms with Crippen LogP contribution in [-0.2, 0) is 4.79 Å². The van der Waals surface area contributed by atoms with Crippen LogP contribution in [0.2, 0.25) is 0 Å². The van der Waals surface area contributed by atoms with Gasteiger partial charge in [0.1, 0.15) is 5.78 Å². The summed E-state index contributed by atoms with van der Waals surface area (Å²) in [6.45, 7) is 0. The van der Waals surface area contributed by atoms with Crippen molar-refractivity contribution in [2.45, 2.75) is 44.9 Å². The fourth-order valence-electron chi connectivity index (χ4n) is 3.59. The van der Waals surface area contributed by atoms with E-state index in [1.165, 1.54) is 44.9 Å². The van der Waals surface area contributed by atoms with Crippen molar-refractivity contribution < 1.29 is 4.79 Å². The van der Waals surface area contributed by atoms with Gasteiger partial charge in [-0.25, -0.2) is 0 Å². The quantitative estimate of drug-likeness (QED) is 0.635. The van der Waals surface area contributed by atoms with Gasteiger partial charge in [-0.15, -0.1) is 0 Å². The first kappa shape index (κ1) is 8.02. The van der Waals surface area contributed by atoms with Crippen molar-refractivity contribution in [3.63, 3.8) is 0 Å². The van der Waals surface area contributed by atoms with Crippen molar-refractivity contribution in [2.24, 2.45) is 23.7 Å². The SMILES string of the molecule is O=C(C1CCC1)C1CC2CCC1C2. The van der Waals surface area contributed by atoms with E-state index in [2.05, 4.69) is 0 Å². The van der Waals surface area contributed by atoms with Gasteiger partial charge >= 0.3 is 0 Å². The Bertz CT molecular complexity index is 229. The molecular formula is C12H18O. The number of ketones is 1. The first-order chi connectivity index (χ1) is 6.34. The first-order valence-corrected chi connectivity index (χ1v) is 5.88. The van der Waals surface area contributed by atoms with Crippen molar-refractivity contribution in [2.75, 3.05) is 0 Å². The molecule has 3 atom stereocenters. The molecule has 13 heavy (non-hydrogen) atoms. The average molecular weight is 178 g/mol. The molecule has 0 aromatic heterocycles. The minimum absolute atomic E-state index is 0.490. The summed E-state index contributed by atoms with van der Waals surface area (Å²) in [4.78, 5) is 12.0. The molecule has 3 saturated carbocycles. The van der Waals surface area contributed by atoms with Crippen molar-refractivity contribution in [3.05, 3.63) is 0 Å². The van der Waals surface area contributed by atoms with Gasteiger partial charge in [-0.1, -0.05) is 12.8 Å². The summed E-state index contributed by atoms with van der Waals surface area (Å²) in [6, 6.07) is 0. The normalized spacial score (nSPS) is 43.5. The Labute approximate surface area is 79.9 Å². The van der Waals surface area contributed by atoms with Crippen LogP contribution in [0.5, 0.6) is 0 Å². The second kappa shape index (κ2) is 2.83. The summed E-state index contributed by atoms with van der Waals surface area (Å²) in [5, 5.41) is 0. The van der Waals surface area contributed by atoms with E-state index in [-0.39, 0.29) is 0 Å². The molecule has 3 fully saturated rings. The van der Waals surface area contributed by atoms with Crippen molar-refractivity contribution in [1.29, 1.82) is 0 Å². The van der Waals surface area contributed by atoms with Crippen LogP contribution in [0.15, 0.2) is 0 Å². The third kappa shape index (κ3) is 1.16. The molecule has 0 aliphatic heterocycles. The molecule has 3 rings (SSSR count). The number of carbonyl (C=O) groups excluding carboxylic acids is 1. The average Bonchev–Trinajstić information content (AvgIpc) is 2.59. The van der Waals surface area contributed by atoms with Crippen molar-refractivity contribution in [3.8, 4) is 0 Å². The highest BCUT2D eigenvalue weighted by molar-refractivity contribution is 5.84. The molecule has 3 aliphatic carbocycles. The smallest absolute Gasteiger partial charge is 0.139 e. The number of hydrogen-bond acceptors (Lipinski definition) is 1. The molecule has 0 radical (unpaired) electrons. The fourth-order valence-corrected chi connectivity index (χ4v) is 3.59. The number of rotatable bonds is 2. The molecule has 0 heterocycles. The summed E-state index contributed by atoms with van der Waals surface area (Å²) >= 11 is 0. The van der Waals surface area contributed by atoms with Gasteiger partial charge in [0.25, 0.3) is 0 Å². The fraction of sp³-hybridized carbons (Fsp3) is 0.917. The van der Waals surface area contributed by atoms with Crippen LogP contribution in [0.3, 0.4) is 0 Å². The highest BCUT2D eigenvalue weighted by Gasteiger charge is 2.45. The van der Waals surface area contributed by atoms with Gasteiger partial charge < -0.3 is 0 Å². The monoisotopic (exact) mass is 178 g/mol. The molecule has 3 unspecified atom stereocenters. The second-order valence-electron chi connectivity index (χ2n) is 5.31. The lowest BCUT2D eigenvalue weighted by atomic mass is 9.73. The lowest BCUT2D eigenvalue weighted by molar-refractivity contribution is -0.130. The molecule has 3 aliphatic rings. The lowest BCUT2D eigenvalue weighted by Gasteiger charge is -2.30. The maximum absolute atomic E-state index is 12.0. The maximum atomic E-state index is 12.0. The molecule has 1 heteroatoms. The summed E-state index contributed by atoms with van der Waals surface area (Å²) in [5.74, 6) is 3.38. The number of fused-ring (bicyclic) bond motifs is 2. The first-order valence-electron chi connectivity index (χ1n) is 5.88. The minimum atomic E-state index is 0.490. The van der Waals surface area contributed by atoms with Crippen molar-refractivity contribution >= 4 is 5.78 Å². The summed E-state index contributed by atoms with van der Waals surface area (Å²) in [7, 11) is 0. The number of carbonyl (C=O) groups is 1. The molecular weight excluding hydrogens is 160 g/mol. The van der Waals surface area contributed by atoms with Crippen LogP contribution in [0.1, 0.15) is 44.9 Å². The molecule has 72 valence electrons. The molecule has 0 aromatic rings. The Morgan fingerprint density at radius 1 is 1.00 bits per heavy atom. The molecule has 0 amide bonds. The van der Waals surface area contributed by atoms with E-state index in [9.17, 15) is 4.79 Å². The standard InChI is InChI=1S/C12H18O/c13-12(9-2-1-3-9)11-7-8-4-5-10(11)6-8/h8-11H,1-7H2. The Morgan fingerprint density at radius 3 is 2.31 bits per heavy atom. The van der Waals surface area contributed by atoms with E-state index in [1.54, 1.807) is 0 Å². The van der Waals surface area contributed by atoms with Gasteiger partial charge in [0.05, 0.1) is 0 Å². The zero-order valence-corrected chi connectivity index (χ0v) is 8.17. The summed E-state index contributed by atoms with van der Waals surface area (Å²) < 4.78 is 0. The Kier molecular flexibility index (Phi) is 1.75. The molecule has 0 saturated heterocycles. The summed E-state index contributed by atoms with van der Waals surface area (Å²) in [6.07, 6.45) is 9.10. The van der Waals surface area contributed by atoms with Crippen LogP contribution in [0, 0.1) is 23.7 Å². The van der Waals surface area contributed by atoms with Crippen molar-refractivity contribution in [1.82, 2.24) is 0 Å². The van der Waals surface area contributed by atoms with E-state index < -0.39 is 0 Å². The largest absolute Gasteiger partial charge is 0.299 e. The molecule has 0 spiro atoms. The predicted molar refractivity (Wildman–Crippen MR) is 51.3 cm³/mol. The van der Waals surface area contributed by atoms with Gasteiger partial charge in [-0.2, -0.15) is 0 Å². The van der Waals surface area contributed by atoms with Crippen LogP contribution >= 0.6 is 0 Å². The highest BCUT2D eigenvalue weighted by atomic mass is 16.1. The molecule has 2 bridgehead atoms. The predicted octanol–water partition coefficient (Wildman–Crippen LogP) is 2.79. The van der Waals surface area contributed by atoms with Gasteiger partial charge in [-0.3, -0.25) is 4.79 Å². The maximum Gasteiger partial charge on any atom is 0.139 e. The van der Waals surface area contributed by atoms with Crippen LogP contribution in [0.25, 0.3) is 0 Å². The Balaban J connectivity index is 1.68. The third-order valence-corrected chi connectivity index (χ3v) is 4.61. The van der Waals surface area contributed by atoms with E-state index in [0.29, 0.717) is 17.6 Å². The van der Waals surface area contributed by atoms with Crippen LogP contribution in [0.4, 0.5) is 0 Å². The minimum Gasteiger partial charge on any atom is -0.299 e. The third-order valence-electron chi connectivity index (χ3n) is 4.61. The number of hydrogen-bond donors (Lipinski definition) is 0. The van der Waals surface area contributed by atoms with E-state index in [4.69, 9.17) is 0 Å². The zero-order chi connectivity index (χ0) is 8.84. The summed E-state index contributed by atoms with van der Waals surface area (Å²) in [5.41, 5.74) is 0. The van der Waals surface area contributed by atoms with Gasteiger partial charge in [0.2, 0.25) is 0 Å². The molecule has 0 N–H and O–H groups in total. The topological polar surface area (TPSA) is 17.1 Å². The van der Waals surface area contributed by atoms with Gasteiger partial charge in [-0.05, 0) is 43.9 Å². The molecule has 1 nitrogen and oxygen atoms in total. The van der Waals surface area contributed by atoms with E-state index >= 15 is 0 Å². The zero-order valence-electron chi connectivity index (χ0n) is 8.17. The Morgan fingerprint density at radius 2 is 1.85 bits per heavy atom. The van der Waals surface area contributed by atoms with E-state index in [0.717, 1.165) is 11.8 Å². The number of Topliss-reactive ketones (excluding diaryl/α,β-unsaturated/α-hetero) is 1. The molecule has 0 aromatic carbocycles. The Hall–Kier alpha value is -0.330. The van der Waals surface area contributed by atoms with Gasteiger partial charge in [0.15, 0.2) is 0 Å². The van der Waals surface area contributed by atoms with Crippen LogP contribution < -0.4 is 0 Å². The second-order valence-corrected chi connectivity index (χ2v) is 5.31. The van der Waals surface area contributed by atoms with Gasteiger partial charge in [0, 0.05) is 11.8 Å². The van der Waals surface area contributed by atoms with E-state index in [1.807, 2.05) is 0 Å². The lowest BCUT2D eigenvalue weighted by Crippen LogP contribution is -2.31. The highest BCUT2D eigenvalue weighted by Crippen LogP contribution is 2.50. The van der Waals surface area contributed by atoms with Crippen LogP contribution in [-0.4, -0.2) is 5.78 Å².